The number of carbonyl (C=O) groups is 2. The molecule has 0 unspecified atom stereocenters. The van der Waals surface area contributed by atoms with Crippen LogP contribution in [0.4, 0.5) is 5.95 Å². The maximum atomic E-state index is 13.7. The highest BCUT2D eigenvalue weighted by Crippen LogP contribution is 2.37. The highest BCUT2D eigenvalue weighted by atomic mass is 16.5. The normalized spacial score (nSPS) is 15.5. The Bertz CT molecular complexity index is 1220. The number of hydrogen-bond acceptors (Lipinski definition) is 8. The maximum Gasteiger partial charge on any atom is 0.355 e. The lowest BCUT2D eigenvalue weighted by Crippen LogP contribution is -2.33. The first kappa shape index (κ1) is 22.2. The van der Waals surface area contributed by atoms with Crippen molar-refractivity contribution in [2.45, 2.75) is 32.2 Å². The van der Waals surface area contributed by atoms with Crippen molar-refractivity contribution in [2.24, 2.45) is 0 Å². The summed E-state index contributed by atoms with van der Waals surface area (Å²) in [6.07, 6.45) is 0. The Kier molecular flexibility index (Phi) is 5.71. The molecule has 9 heteroatoms. The predicted molar refractivity (Wildman–Crippen MR) is 121 cm³/mol. The molecule has 1 aliphatic rings. The van der Waals surface area contributed by atoms with Gasteiger partial charge in [0.1, 0.15) is 17.5 Å². The van der Waals surface area contributed by atoms with Gasteiger partial charge in [-0.3, -0.25) is 4.79 Å². The number of ether oxygens (including phenoxy) is 2. The zero-order chi connectivity index (χ0) is 23.8. The summed E-state index contributed by atoms with van der Waals surface area (Å²) in [5, 5.41) is 14.7. The van der Waals surface area contributed by atoms with Crippen LogP contribution in [0.3, 0.4) is 0 Å². The molecule has 2 aromatic carbocycles. The molecule has 0 bridgehead atoms. The second-order valence-electron chi connectivity index (χ2n) is 8.68. The fourth-order valence-corrected chi connectivity index (χ4v) is 3.76. The molecule has 0 spiro atoms. The molecule has 4 rings (SSSR count). The Morgan fingerprint density at radius 2 is 1.67 bits per heavy atom. The summed E-state index contributed by atoms with van der Waals surface area (Å²) in [5.41, 5.74) is 2.44. The molecule has 3 aromatic rings. The number of ketones is 1. The summed E-state index contributed by atoms with van der Waals surface area (Å²) < 4.78 is 11.7. The molecule has 0 radical (unpaired) electrons. The summed E-state index contributed by atoms with van der Waals surface area (Å²) in [5.74, 6) is -0.173. The number of tetrazole rings is 1. The van der Waals surface area contributed by atoms with Gasteiger partial charge in [0.2, 0.25) is 5.95 Å². The molecule has 170 valence electrons. The van der Waals surface area contributed by atoms with E-state index in [4.69, 9.17) is 9.47 Å². The average Bonchev–Trinajstić information content (AvgIpc) is 3.30. The van der Waals surface area contributed by atoms with E-state index in [0.717, 1.165) is 11.1 Å². The predicted octanol–water partition coefficient (Wildman–Crippen LogP) is 3.30. The number of nitrogens with zero attached hydrogens (tertiary/aromatic N) is 4. The number of hydrogen-bond donors (Lipinski definition) is 1. The quantitative estimate of drug-likeness (QED) is 0.469. The van der Waals surface area contributed by atoms with E-state index in [1.807, 2.05) is 24.3 Å². The highest BCUT2D eigenvalue weighted by molar-refractivity contribution is 6.15. The molecular weight excluding hydrogens is 422 g/mol. The molecule has 0 aliphatic carbocycles. The van der Waals surface area contributed by atoms with Crippen molar-refractivity contribution in [2.75, 3.05) is 19.5 Å². The van der Waals surface area contributed by atoms with Gasteiger partial charge in [0.05, 0.1) is 19.8 Å². The van der Waals surface area contributed by atoms with Gasteiger partial charge >= 0.3 is 5.97 Å². The number of rotatable bonds is 5. The number of fused-ring (bicyclic) bond motifs is 1. The smallest absolute Gasteiger partial charge is 0.355 e. The molecule has 9 nitrogen and oxygen atoms in total. The molecule has 0 saturated heterocycles. The molecule has 2 heterocycles. The number of nitrogens with one attached hydrogen (secondary N) is 1. The fourth-order valence-electron chi connectivity index (χ4n) is 3.76. The molecule has 1 atom stereocenters. The van der Waals surface area contributed by atoms with Crippen molar-refractivity contribution in [1.29, 1.82) is 0 Å². The third kappa shape index (κ3) is 4.09. The van der Waals surface area contributed by atoms with Crippen molar-refractivity contribution in [3.8, 4) is 5.75 Å². The topological polar surface area (TPSA) is 108 Å². The maximum absolute atomic E-state index is 13.7. The van der Waals surface area contributed by atoms with E-state index in [1.54, 1.807) is 31.4 Å². The van der Waals surface area contributed by atoms with E-state index >= 15 is 0 Å². The van der Waals surface area contributed by atoms with Crippen LogP contribution in [0.25, 0.3) is 0 Å². The molecule has 33 heavy (non-hydrogen) atoms. The van der Waals surface area contributed by atoms with E-state index in [-0.39, 0.29) is 28.4 Å². The van der Waals surface area contributed by atoms with E-state index in [1.165, 1.54) is 11.8 Å². The van der Waals surface area contributed by atoms with Crippen molar-refractivity contribution >= 4 is 17.7 Å². The summed E-state index contributed by atoms with van der Waals surface area (Å²) in [6.45, 7) is 6.37. The van der Waals surface area contributed by atoms with Crippen LogP contribution < -0.4 is 10.1 Å². The number of Topliss-reactive ketones (excluding diaryl/α,β-unsaturated/α-hetero) is 1. The third-order valence-corrected chi connectivity index (χ3v) is 5.60. The lowest BCUT2D eigenvalue weighted by atomic mass is 9.84. The number of methoxy groups -OCH3 is 2. The Labute approximate surface area is 191 Å². The molecular formula is C24H25N5O4. The van der Waals surface area contributed by atoms with E-state index in [0.29, 0.717) is 11.3 Å². The van der Waals surface area contributed by atoms with Crippen molar-refractivity contribution in [3.05, 3.63) is 76.5 Å². The van der Waals surface area contributed by atoms with Gasteiger partial charge in [0.15, 0.2) is 5.78 Å². The minimum atomic E-state index is -0.728. The second kappa shape index (κ2) is 8.50. The third-order valence-electron chi connectivity index (χ3n) is 5.60. The van der Waals surface area contributed by atoms with Crippen LogP contribution in [0.15, 0.2) is 59.8 Å². The van der Waals surface area contributed by atoms with Gasteiger partial charge in [0, 0.05) is 5.56 Å². The lowest BCUT2D eigenvalue weighted by molar-refractivity contribution is -0.136. The summed E-state index contributed by atoms with van der Waals surface area (Å²) in [6, 6.07) is 13.8. The highest BCUT2D eigenvalue weighted by Gasteiger charge is 2.38. The lowest BCUT2D eigenvalue weighted by Gasteiger charge is -2.28. The van der Waals surface area contributed by atoms with Crippen LogP contribution in [0.2, 0.25) is 0 Å². The van der Waals surface area contributed by atoms with Crippen molar-refractivity contribution in [1.82, 2.24) is 20.2 Å². The minimum Gasteiger partial charge on any atom is -0.497 e. The second-order valence-corrected chi connectivity index (χ2v) is 8.68. The zero-order valence-electron chi connectivity index (χ0n) is 19.1. The van der Waals surface area contributed by atoms with Crippen LogP contribution in [-0.4, -0.2) is 46.2 Å². The molecule has 0 fully saturated rings. The first-order valence-corrected chi connectivity index (χ1v) is 10.4. The molecule has 1 aromatic heterocycles. The van der Waals surface area contributed by atoms with Gasteiger partial charge in [-0.15, -0.1) is 0 Å². The number of anilines is 1. The average molecular weight is 447 g/mol. The standard InChI is InChI=1S/C24H25N5O4/c1-24(2,3)16-10-6-14(7-11-16)20-18(21(30)15-8-12-17(32-4)13-9-15)19(22(31)33-5)25-23-26-27-28-29(20)23/h6-13,20H,1-5H3,(H,25,26,28)/t20-/m0/s1. The van der Waals surface area contributed by atoms with Gasteiger partial charge in [-0.1, -0.05) is 50.1 Å². The number of allylic oxidation sites excluding steroid dienone is 1. The Hall–Kier alpha value is -4.01. The van der Waals surface area contributed by atoms with Crippen LogP contribution in [0, 0.1) is 0 Å². The Morgan fingerprint density at radius 3 is 2.24 bits per heavy atom. The largest absolute Gasteiger partial charge is 0.497 e. The fraction of sp³-hybridized carbons (Fsp3) is 0.292. The number of carbonyl (C=O) groups excluding carboxylic acids is 2. The summed E-state index contributed by atoms with van der Waals surface area (Å²) in [7, 11) is 2.81. The van der Waals surface area contributed by atoms with Gasteiger partial charge in [-0.25, -0.2) is 4.79 Å². The van der Waals surface area contributed by atoms with Gasteiger partial charge in [-0.2, -0.15) is 4.68 Å². The number of aromatic nitrogens is 4. The monoisotopic (exact) mass is 447 g/mol. The zero-order valence-corrected chi connectivity index (χ0v) is 19.1. The van der Waals surface area contributed by atoms with Crippen LogP contribution in [0.1, 0.15) is 48.3 Å². The Morgan fingerprint density at radius 1 is 1.00 bits per heavy atom. The summed E-state index contributed by atoms with van der Waals surface area (Å²) in [4.78, 5) is 26.5. The molecule has 1 N–H and O–H groups in total. The first-order valence-electron chi connectivity index (χ1n) is 10.4. The van der Waals surface area contributed by atoms with E-state index in [2.05, 4.69) is 41.6 Å². The van der Waals surface area contributed by atoms with Crippen molar-refractivity contribution in [3.63, 3.8) is 0 Å². The molecule has 1 aliphatic heterocycles. The molecule has 0 saturated carbocycles. The minimum absolute atomic E-state index is 0.00511. The van der Waals surface area contributed by atoms with E-state index in [9.17, 15) is 9.59 Å². The number of esters is 1. The first-order chi connectivity index (χ1) is 15.7. The van der Waals surface area contributed by atoms with Crippen LogP contribution in [0.5, 0.6) is 5.75 Å². The SMILES string of the molecule is COC(=O)C1=C(C(=O)c2ccc(OC)cc2)[C@H](c2ccc(C(C)(C)C)cc2)n2nnnc2N1. The van der Waals surface area contributed by atoms with E-state index < -0.39 is 12.0 Å². The number of benzene rings is 2. The summed E-state index contributed by atoms with van der Waals surface area (Å²) >= 11 is 0. The van der Waals surface area contributed by atoms with Crippen LogP contribution >= 0.6 is 0 Å². The van der Waals surface area contributed by atoms with Gasteiger partial charge in [-0.05, 0) is 51.2 Å². The molecule has 0 amide bonds. The van der Waals surface area contributed by atoms with Gasteiger partial charge in [0.25, 0.3) is 0 Å². The van der Waals surface area contributed by atoms with Gasteiger partial charge < -0.3 is 14.8 Å². The van der Waals surface area contributed by atoms with Crippen molar-refractivity contribution < 1.29 is 19.1 Å². The van der Waals surface area contributed by atoms with Crippen LogP contribution in [-0.2, 0) is 14.9 Å². The Balaban J connectivity index is 1.89.